The minimum absolute atomic E-state index is 0.0863. The fourth-order valence-corrected chi connectivity index (χ4v) is 3.16. The van der Waals surface area contributed by atoms with Crippen LogP contribution < -0.4 is 4.90 Å². The summed E-state index contributed by atoms with van der Waals surface area (Å²) in [6.45, 7) is 0. The van der Waals surface area contributed by atoms with Gasteiger partial charge in [0.1, 0.15) is 0 Å². The highest BCUT2D eigenvalue weighted by atomic mass is 32.2. The normalized spacial score (nSPS) is 15.0. The van der Waals surface area contributed by atoms with Crippen molar-refractivity contribution in [3.8, 4) is 0 Å². The predicted molar refractivity (Wildman–Crippen MR) is 84.3 cm³/mol. The Hall–Kier alpha value is -2.54. The number of thioether (sulfide) groups is 1. The number of hydrogen-bond acceptors (Lipinski definition) is 3. The van der Waals surface area contributed by atoms with Gasteiger partial charge in [-0.2, -0.15) is 13.2 Å². The standard InChI is InChI=1S/C17H10F3NO2S/c18-17(19,20)12-8-4-5-9-13(12)21-15(22)10-14(16(21)23)24-11-6-2-1-3-7-11/h1-10H. The number of imide groups is 1. The fourth-order valence-electron chi connectivity index (χ4n) is 2.27. The zero-order valence-electron chi connectivity index (χ0n) is 12.1. The first-order valence-electron chi connectivity index (χ1n) is 6.87. The number of alkyl halides is 3. The Kier molecular flexibility index (Phi) is 4.19. The van der Waals surface area contributed by atoms with Gasteiger partial charge in [-0.05, 0) is 24.3 Å². The first-order chi connectivity index (χ1) is 11.4. The maximum absolute atomic E-state index is 13.1. The van der Waals surface area contributed by atoms with Crippen LogP contribution in [0, 0.1) is 0 Å². The van der Waals surface area contributed by atoms with Crippen molar-refractivity contribution < 1.29 is 22.8 Å². The molecular formula is C17H10F3NO2S. The molecule has 2 aromatic carbocycles. The molecule has 0 aliphatic carbocycles. The van der Waals surface area contributed by atoms with E-state index in [2.05, 4.69) is 0 Å². The molecule has 2 aromatic rings. The van der Waals surface area contributed by atoms with Gasteiger partial charge in [0.25, 0.3) is 11.8 Å². The molecule has 0 atom stereocenters. The molecule has 0 saturated heterocycles. The third-order valence-corrected chi connectivity index (χ3v) is 4.33. The SMILES string of the molecule is O=C1C=C(Sc2ccccc2)C(=O)N1c1ccccc1C(F)(F)F. The largest absolute Gasteiger partial charge is 0.418 e. The Labute approximate surface area is 139 Å². The topological polar surface area (TPSA) is 37.4 Å². The summed E-state index contributed by atoms with van der Waals surface area (Å²) < 4.78 is 39.4. The van der Waals surface area contributed by atoms with Gasteiger partial charge in [-0.1, -0.05) is 42.1 Å². The van der Waals surface area contributed by atoms with Crippen LogP contribution in [0.4, 0.5) is 18.9 Å². The van der Waals surface area contributed by atoms with Crippen molar-refractivity contribution in [3.05, 3.63) is 71.1 Å². The number of anilines is 1. The van der Waals surface area contributed by atoms with E-state index in [1.165, 1.54) is 12.1 Å². The van der Waals surface area contributed by atoms with E-state index in [1.807, 2.05) is 0 Å². The van der Waals surface area contributed by atoms with Crippen LogP contribution in [0.15, 0.2) is 70.5 Å². The number of para-hydroxylation sites is 1. The number of carbonyl (C=O) groups excluding carboxylic acids is 2. The summed E-state index contributed by atoms with van der Waals surface area (Å²) in [5.74, 6) is -1.54. The summed E-state index contributed by atoms with van der Waals surface area (Å²) in [6, 6.07) is 13.3. The second-order valence-corrected chi connectivity index (χ2v) is 6.03. The van der Waals surface area contributed by atoms with Crippen LogP contribution >= 0.6 is 11.8 Å². The van der Waals surface area contributed by atoms with E-state index in [-0.39, 0.29) is 4.91 Å². The van der Waals surface area contributed by atoms with Crippen molar-refractivity contribution in [2.24, 2.45) is 0 Å². The quantitative estimate of drug-likeness (QED) is 0.777. The minimum Gasteiger partial charge on any atom is -0.269 e. The van der Waals surface area contributed by atoms with Crippen molar-refractivity contribution in [2.75, 3.05) is 4.90 Å². The third-order valence-electron chi connectivity index (χ3n) is 3.31. The Bertz CT molecular complexity index is 831. The van der Waals surface area contributed by atoms with Gasteiger partial charge in [-0.3, -0.25) is 9.59 Å². The monoisotopic (exact) mass is 349 g/mol. The number of amides is 2. The molecular weight excluding hydrogens is 339 g/mol. The number of carbonyl (C=O) groups is 2. The summed E-state index contributed by atoms with van der Waals surface area (Å²) >= 11 is 1.04. The molecule has 0 N–H and O–H groups in total. The maximum atomic E-state index is 13.1. The predicted octanol–water partition coefficient (Wildman–Crippen LogP) is 4.25. The van der Waals surface area contributed by atoms with Crippen molar-refractivity contribution in [2.45, 2.75) is 11.1 Å². The summed E-state index contributed by atoms with van der Waals surface area (Å²) in [6.07, 6.45) is -3.60. The highest BCUT2D eigenvalue weighted by Gasteiger charge is 2.40. The van der Waals surface area contributed by atoms with E-state index in [0.717, 1.165) is 34.9 Å². The van der Waals surface area contributed by atoms with Crippen LogP contribution in [0.25, 0.3) is 0 Å². The molecule has 3 nitrogen and oxygen atoms in total. The van der Waals surface area contributed by atoms with E-state index in [0.29, 0.717) is 4.90 Å². The Morgan fingerprint density at radius 1 is 0.875 bits per heavy atom. The number of benzene rings is 2. The lowest BCUT2D eigenvalue weighted by molar-refractivity contribution is -0.137. The zero-order chi connectivity index (χ0) is 17.3. The summed E-state index contributed by atoms with van der Waals surface area (Å²) in [7, 11) is 0. The van der Waals surface area contributed by atoms with Gasteiger partial charge in [0.15, 0.2) is 0 Å². The maximum Gasteiger partial charge on any atom is 0.418 e. The highest BCUT2D eigenvalue weighted by molar-refractivity contribution is 8.04. The van der Waals surface area contributed by atoms with E-state index in [4.69, 9.17) is 0 Å². The molecule has 7 heteroatoms. The van der Waals surface area contributed by atoms with Crippen LogP contribution in [-0.4, -0.2) is 11.8 Å². The van der Waals surface area contributed by atoms with E-state index < -0.39 is 29.2 Å². The first-order valence-corrected chi connectivity index (χ1v) is 7.69. The average Bonchev–Trinajstić information content (AvgIpc) is 2.81. The lowest BCUT2D eigenvalue weighted by Crippen LogP contribution is -2.32. The van der Waals surface area contributed by atoms with Crippen LogP contribution in [0.2, 0.25) is 0 Å². The van der Waals surface area contributed by atoms with Gasteiger partial charge < -0.3 is 0 Å². The molecule has 0 spiro atoms. The molecule has 1 aliphatic rings. The zero-order valence-corrected chi connectivity index (χ0v) is 12.9. The van der Waals surface area contributed by atoms with Crippen molar-refractivity contribution >= 4 is 29.3 Å². The van der Waals surface area contributed by atoms with E-state index >= 15 is 0 Å². The molecule has 0 radical (unpaired) electrons. The fraction of sp³-hybridized carbons (Fsp3) is 0.0588. The van der Waals surface area contributed by atoms with Crippen molar-refractivity contribution in [3.63, 3.8) is 0 Å². The Balaban J connectivity index is 1.93. The van der Waals surface area contributed by atoms with Gasteiger partial charge in [0.2, 0.25) is 0 Å². The van der Waals surface area contributed by atoms with Gasteiger partial charge in [0, 0.05) is 11.0 Å². The first kappa shape index (κ1) is 16.3. The average molecular weight is 349 g/mol. The van der Waals surface area contributed by atoms with Gasteiger partial charge in [-0.25, -0.2) is 4.90 Å². The number of nitrogens with zero attached hydrogens (tertiary/aromatic N) is 1. The third kappa shape index (κ3) is 3.07. The molecule has 0 saturated carbocycles. The number of hydrogen-bond donors (Lipinski definition) is 0. The molecule has 1 aliphatic heterocycles. The smallest absolute Gasteiger partial charge is 0.269 e. The minimum atomic E-state index is -4.66. The van der Waals surface area contributed by atoms with Crippen LogP contribution in [-0.2, 0) is 15.8 Å². The molecule has 0 fully saturated rings. The molecule has 122 valence electrons. The summed E-state index contributed by atoms with van der Waals surface area (Å²) in [5, 5.41) is 0. The number of rotatable bonds is 3. The Morgan fingerprint density at radius 3 is 2.17 bits per heavy atom. The Morgan fingerprint density at radius 2 is 1.50 bits per heavy atom. The molecule has 0 bridgehead atoms. The van der Waals surface area contributed by atoms with E-state index in [9.17, 15) is 22.8 Å². The van der Waals surface area contributed by atoms with Gasteiger partial charge in [-0.15, -0.1) is 0 Å². The van der Waals surface area contributed by atoms with Crippen molar-refractivity contribution in [1.29, 1.82) is 0 Å². The lowest BCUT2D eigenvalue weighted by atomic mass is 10.1. The molecule has 0 unspecified atom stereocenters. The number of halogens is 3. The summed E-state index contributed by atoms with van der Waals surface area (Å²) in [4.78, 5) is 25.9. The molecule has 2 amide bonds. The highest BCUT2D eigenvalue weighted by Crippen LogP contribution is 2.40. The van der Waals surface area contributed by atoms with E-state index in [1.54, 1.807) is 30.3 Å². The van der Waals surface area contributed by atoms with Crippen molar-refractivity contribution in [1.82, 2.24) is 0 Å². The second-order valence-electron chi connectivity index (χ2n) is 4.92. The lowest BCUT2D eigenvalue weighted by Gasteiger charge is -2.20. The summed E-state index contributed by atoms with van der Waals surface area (Å²) in [5.41, 5.74) is -1.48. The molecule has 1 heterocycles. The molecule has 0 aromatic heterocycles. The van der Waals surface area contributed by atoms with Gasteiger partial charge in [0.05, 0.1) is 16.2 Å². The molecule has 24 heavy (non-hydrogen) atoms. The van der Waals surface area contributed by atoms with Crippen LogP contribution in [0.5, 0.6) is 0 Å². The van der Waals surface area contributed by atoms with Gasteiger partial charge >= 0.3 is 6.18 Å². The molecule has 3 rings (SSSR count). The van der Waals surface area contributed by atoms with Crippen LogP contribution in [0.1, 0.15) is 5.56 Å². The second kappa shape index (κ2) is 6.16. The van der Waals surface area contributed by atoms with Crippen LogP contribution in [0.3, 0.4) is 0 Å².